The molecule has 1 rings (SSSR count). The van der Waals surface area contributed by atoms with E-state index in [1.165, 1.54) is 19.3 Å². The van der Waals surface area contributed by atoms with Crippen LogP contribution < -0.4 is 0 Å². The molecule has 2 nitrogen and oxygen atoms in total. The van der Waals surface area contributed by atoms with E-state index >= 15 is 0 Å². The molecule has 1 heterocycles. The van der Waals surface area contributed by atoms with Crippen molar-refractivity contribution < 1.29 is 4.79 Å². The van der Waals surface area contributed by atoms with Gasteiger partial charge in [-0.3, -0.25) is 0 Å². The van der Waals surface area contributed by atoms with Crippen LogP contribution in [0, 0.1) is 0 Å². The van der Waals surface area contributed by atoms with Crippen molar-refractivity contribution in [3.05, 3.63) is 0 Å². The number of carbonyl (C=O) groups excluding carboxylic acids is 1. The van der Waals surface area contributed by atoms with Gasteiger partial charge < -0.3 is 9.69 Å². The molecule has 0 amide bonds. The summed E-state index contributed by atoms with van der Waals surface area (Å²) in [4.78, 5) is 12.8. The predicted octanol–water partition coefficient (Wildman–Crippen LogP) is 2.47. The number of thioether (sulfide) groups is 1. The predicted molar refractivity (Wildman–Crippen MR) is 65.8 cm³/mol. The first-order chi connectivity index (χ1) is 6.79. The number of carbonyl (C=O) groups is 1. The topological polar surface area (TPSA) is 20.3 Å². The van der Waals surface area contributed by atoms with Crippen molar-refractivity contribution >= 4 is 34.6 Å². The molecule has 14 heavy (non-hydrogen) atoms. The fraction of sp³-hybridized carbons (Fsp3) is 0.800. The average Bonchev–Trinajstić information content (AvgIpc) is 2.55. The molecule has 80 valence electrons. The summed E-state index contributed by atoms with van der Waals surface area (Å²) >= 11 is 6.82. The van der Waals surface area contributed by atoms with Gasteiger partial charge in [-0.1, -0.05) is 50.2 Å². The van der Waals surface area contributed by atoms with Gasteiger partial charge in [0.1, 0.15) is 10.6 Å². The molecule has 0 aromatic heterocycles. The molecule has 0 aromatic rings. The molecule has 1 saturated heterocycles. The molecule has 0 radical (unpaired) electrons. The van der Waals surface area contributed by atoms with Crippen molar-refractivity contribution in [2.75, 3.05) is 12.3 Å². The summed E-state index contributed by atoms with van der Waals surface area (Å²) in [6.45, 7) is 3.15. The third-order valence-electron chi connectivity index (χ3n) is 2.42. The average molecular weight is 231 g/mol. The van der Waals surface area contributed by atoms with Gasteiger partial charge in [-0.05, 0) is 6.42 Å². The van der Waals surface area contributed by atoms with E-state index in [2.05, 4.69) is 11.8 Å². The highest BCUT2D eigenvalue weighted by molar-refractivity contribution is 8.23. The Labute approximate surface area is 95.4 Å². The maximum atomic E-state index is 10.7. The largest absolute Gasteiger partial charge is 0.347 e. The Bertz CT molecular complexity index is 208. The molecule has 1 fully saturated rings. The summed E-state index contributed by atoms with van der Waals surface area (Å²) in [5.41, 5.74) is 0. The Balaban J connectivity index is 2.26. The number of hydrogen-bond donors (Lipinski definition) is 0. The number of unbranched alkanes of at least 4 members (excludes halogenated alkanes) is 3. The SMILES string of the molecule is CCCCCCN1C(=S)SCC1C=O. The number of aldehydes is 1. The molecule has 0 spiro atoms. The fourth-order valence-corrected chi connectivity index (χ4v) is 2.94. The van der Waals surface area contributed by atoms with Crippen LogP contribution in [0.5, 0.6) is 0 Å². The van der Waals surface area contributed by atoms with Gasteiger partial charge in [-0.15, -0.1) is 0 Å². The van der Waals surface area contributed by atoms with E-state index in [9.17, 15) is 4.79 Å². The Morgan fingerprint density at radius 1 is 1.57 bits per heavy atom. The van der Waals surface area contributed by atoms with Crippen LogP contribution in [-0.2, 0) is 4.79 Å². The van der Waals surface area contributed by atoms with Crippen molar-refractivity contribution in [1.29, 1.82) is 0 Å². The summed E-state index contributed by atoms with van der Waals surface area (Å²) in [6.07, 6.45) is 5.94. The molecule has 1 aliphatic heterocycles. The quantitative estimate of drug-likeness (QED) is 0.397. The van der Waals surface area contributed by atoms with Crippen molar-refractivity contribution in [2.45, 2.75) is 38.6 Å². The zero-order chi connectivity index (χ0) is 10.4. The monoisotopic (exact) mass is 231 g/mol. The third-order valence-corrected chi connectivity index (χ3v) is 4.00. The van der Waals surface area contributed by atoms with E-state index in [0.29, 0.717) is 0 Å². The number of rotatable bonds is 6. The van der Waals surface area contributed by atoms with Gasteiger partial charge in [0.25, 0.3) is 0 Å². The normalized spacial score (nSPS) is 21.6. The van der Waals surface area contributed by atoms with E-state index in [0.717, 1.165) is 29.3 Å². The number of nitrogens with zero attached hydrogens (tertiary/aromatic N) is 1. The molecular weight excluding hydrogens is 214 g/mol. The summed E-state index contributed by atoms with van der Waals surface area (Å²) in [5, 5.41) is 0. The minimum atomic E-state index is 0.0362. The highest BCUT2D eigenvalue weighted by atomic mass is 32.2. The molecule has 0 aliphatic carbocycles. The number of hydrogen-bond acceptors (Lipinski definition) is 3. The lowest BCUT2D eigenvalue weighted by atomic mass is 10.2. The second kappa shape index (κ2) is 6.40. The molecule has 1 unspecified atom stereocenters. The molecule has 1 aliphatic rings. The lowest BCUT2D eigenvalue weighted by molar-refractivity contribution is -0.110. The van der Waals surface area contributed by atoms with Gasteiger partial charge >= 0.3 is 0 Å². The maximum absolute atomic E-state index is 10.7. The van der Waals surface area contributed by atoms with Gasteiger partial charge in [0.2, 0.25) is 0 Å². The molecule has 4 heteroatoms. The van der Waals surface area contributed by atoms with Crippen molar-refractivity contribution in [2.24, 2.45) is 0 Å². The smallest absolute Gasteiger partial charge is 0.143 e. The first kappa shape index (κ1) is 12.0. The van der Waals surface area contributed by atoms with Crippen LogP contribution in [0.25, 0.3) is 0 Å². The van der Waals surface area contributed by atoms with Crippen LogP contribution >= 0.6 is 24.0 Å². The summed E-state index contributed by atoms with van der Waals surface area (Å²) < 4.78 is 0.901. The van der Waals surface area contributed by atoms with Crippen LogP contribution in [0.3, 0.4) is 0 Å². The van der Waals surface area contributed by atoms with Crippen molar-refractivity contribution in [1.82, 2.24) is 4.90 Å². The van der Waals surface area contributed by atoms with Gasteiger partial charge in [-0.25, -0.2) is 0 Å². The maximum Gasteiger partial charge on any atom is 0.143 e. The highest BCUT2D eigenvalue weighted by Gasteiger charge is 2.27. The van der Waals surface area contributed by atoms with Crippen molar-refractivity contribution in [3.8, 4) is 0 Å². The first-order valence-electron chi connectivity index (χ1n) is 5.18. The van der Waals surface area contributed by atoms with Gasteiger partial charge in [-0.2, -0.15) is 0 Å². The van der Waals surface area contributed by atoms with E-state index in [-0.39, 0.29) is 6.04 Å². The number of thiocarbonyl (C=S) groups is 1. The fourth-order valence-electron chi connectivity index (χ4n) is 1.54. The van der Waals surface area contributed by atoms with Crippen LogP contribution in [0.1, 0.15) is 32.6 Å². The second-order valence-corrected chi connectivity index (χ2v) is 5.19. The third kappa shape index (κ3) is 3.24. The van der Waals surface area contributed by atoms with Crippen LogP contribution in [-0.4, -0.2) is 33.8 Å². The first-order valence-corrected chi connectivity index (χ1v) is 6.57. The second-order valence-electron chi connectivity index (χ2n) is 3.53. The molecule has 0 N–H and O–H groups in total. The zero-order valence-corrected chi connectivity index (χ0v) is 10.2. The standard InChI is InChI=1S/C10H17NOS2/c1-2-3-4-5-6-11-9(7-12)8-14-10(11)13/h7,9H,2-6,8H2,1H3. The zero-order valence-electron chi connectivity index (χ0n) is 8.57. The van der Waals surface area contributed by atoms with Crippen LogP contribution in [0.15, 0.2) is 0 Å². The Morgan fingerprint density at radius 2 is 2.36 bits per heavy atom. The highest BCUT2D eigenvalue weighted by Crippen LogP contribution is 2.23. The molecule has 0 saturated carbocycles. The van der Waals surface area contributed by atoms with Gasteiger partial charge in [0.15, 0.2) is 0 Å². The van der Waals surface area contributed by atoms with Crippen LogP contribution in [0.4, 0.5) is 0 Å². The minimum absolute atomic E-state index is 0.0362. The Hall–Kier alpha value is -0.0900. The minimum Gasteiger partial charge on any atom is -0.347 e. The Morgan fingerprint density at radius 3 is 3.00 bits per heavy atom. The van der Waals surface area contributed by atoms with Gasteiger partial charge in [0.05, 0.1) is 6.04 Å². The molecular formula is C10H17NOS2. The molecule has 1 atom stereocenters. The summed E-state index contributed by atoms with van der Waals surface area (Å²) in [5.74, 6) is 0.843. The van der Waals surface area contributed by atoms with Gasteiger partial charge in [0, 0.05) is 12.3 Å². The molecule has 0 aromatic carbocycles. The van der Waals surface area contributed by atoms with Crippen molar-refractivity contribution in [3.63, 3.8) is 0 Å². The Kier molecular flexibility index (Phi) is 5.48. The molecule has 0 bridgehead atoms. The lowest BCUT2D eigenvalue weighted by Gasteiger charge is -2.21. The van der Waals surface area contributed by atoms with E-state index in [1.54, 1.807) is 11.8 Å². The summed E-state index contributed by atoms with van der Waals surface area (Å²) in [7, 11) is 0. The summed E-state index contributed by atoms with van der Waals surface area (Å²) in [6, 6.07) is 0.0362. The van der Waals surface area contributed by atoms with E-state index in [1.807, 2.05) is 0 Å². The van der Waals surface area contributed by atoms with Crippen LogP contribution in [0.2, 0.25) is 0 Å². The van der Waals surface area contributed by atoms with E-state index in [4.69, 9.17) is 12.2 Å². The van der Waals surface area contributed by atoms with E-state index < -0.39 is 0 Å². The lowest BCUT2D eigenvalue weighted by Crippen LogP contribution is -2.34.